The largest absolute Gasteiger partial charge is 0.481 e. The number of carboxylic acid groups (broad SMARTS) is 1. The molecule has 1 N–H and O–H groups in total. The molecule has 0 saturated heterocycles. The van der Waals surface area contributed by atoms with Gasteiger partial charge in [0.05, 0.1) is 16.5 Å². The number of fused-ring (bicyclic) bond motifs is 1. The minimum atomic E-state index is -0.803. The van der Waals surface area contributed by atoms with Crippen LogP contribution in [0.5, 0.6) is 0 Å². The molecule has 0 spiro atoms. The van der Waals surface area contributed by atoms with Crippen LogP contribution in [-0.2, 0) is 11.3 Å². The molecule has 2 aromatic rings. The zero-order valence-electron chi connectivity index (χ0n) is 11.8. The Morgan fingerprint density at radius 1 is 1.29 bits per heavy atom. The van der Waals surface area contributed by atoms with Crippen molar-refractivity contribution in [3.63, 3.8) is 0 Å². The van der Waals surface area contributed by atoms with Crippen LogP contribution in [0.4, 0.5) is 0 Å². The number of thiophene rings is 1. The summed E-state index contributed by atoms with van der Waals surface area (Å²) in [6.45, 7) is 2.65. The van der Waals surface area contributed by atoms with Gasteiger partial charge in [-0.05, 0) is 48.9 Å². The van der Waals surface area contributed by atoms with E-state index in [-0.39, 0.29) is 5.78 Å². The average molecular weight is 303 g/mol. The highest BCUT2D eigenvalue weighted by molar-refractivity contribution is 7.12. The summed E-state index contributed by atoms with van der Waals surface area (Å²) in [5.74, 6) is -1.30. The van der Waals surface area contributed by atoms with Crippen LogP contribution in [0.2, 0.25) is 0 Å². The van der Waals surface area contributed by atoms with Crippen molar-refractivity contribution in [2.24, 2.45) is 0 Å². The Balaban J connectivity index is 2.04. The van der Waals surface area contributed by atoms with Crippen molar-refractivity contribution in [2.45, 2.75) is 38.6 Å². The Morgan fingerprint density at radius 2 is 2.10 bits per heavy atom. The second-order valence-corrected chi connectivity index (χ2v) is 6.36. The van der Waals surface area contributed by atoms with Crippen LogP contribution >= 0.6 is 11.3 Å². The first kappa shape index (κ1) is 14.1. The quantitative estimate of drug-likeness (QED) is 0.884. The van der Waals surface area contributed by atoms with Gasteiger partial charge >= 0.3 is 5.97 Å². The first-order valence-corrected chi connectivity index (χ1v) is 7.98. The van der Waals surface area contributed by atoms with Crippen molar-refractivity contribution < 1.29 is 14.7 Å². The molecule has 0 aromatic carbocycles. The van der Waals surface area contributed by atoms with E-state index in [1.54, 1.807) is 12.1 Å². The lowest BCUT2D eigenvalue weighted by Gasteiger charge is -2.13. The molecule has 21 heavy (non-hydrogen) atoms. The van der Waals surface area contributed by atoms with Gasteiger partial charge in [0, 0.05) is 12.2 Å². The Bertz CT molecular complexity index is 698. The van der Waals surface area contributed by atoms with Gasteiger partial charge in [-0.15, -0.1) is 11.3 Å². The minimum Gasteiger partial charge on any atom is -0.481 e. The maximum absolute atomic E-state index is 12.7. The van der Waals surface area contributed by atoms with E-state index in [9.17, 15) is 14.7 Å². The second kappa shape index (κ2) is 5.48. The van der Waals surface area contributed by atoms with E-state index in [0.717, 1.165) is 35.5 Å². The Hall–Kier alpha value is -1.88. The van der Waals surface area contributed by atoms with E-state index in [4.69, 9.17) is 0 Å². The third-order valence-corrected chi connectivity index (χ3v) is 5.11. The summed E-state index contributed by atoms with van der Waals surface area (Å²) < 4.78 is 1.91. The van der Waals surface area contributed by atoms with E-state index >= 15 is 0 Å². The van der Waals surface area contributed by atoms with Crippen molar-refractivity contribution >= 4 is 23.1 Å². The molecule has 0 aliphatic carbocycles. The van der Waals surface area contributed by atoms with Crippen LogP contribution in [0, 0.1) is 6.92 Å². The van der Waals surface area contributed by atoms with Gasteiger partial charge in [-0.2, -0.15) is 0 Å². The summed E-state index contributed by atoms with van der Waals surface area (Å²) >= 11 is 1.44. The lowest BCUT2D eigenvalue weighted by Crippen LogP contribution is -2.16. The van der Waals surface area contributed by atoms with E-state index in [0.29, 0.717) is 12.1 Å². The number of carbonyl (C=O) groups is 2. The maximum Gasteiger partial charge on any atom is 0.312 e. The number of aryl methyl sites for hydroxylation is 1. The second-order valence-electron chi connectivity index (χ2n) is 5.44. The molecule has 0 fully saturated rings. The molecule has 1 aliphatic rings. The third kappa shape index (κ3) is 2.42. The fraction of sp³-hybridized carbons (Fsp3) is 0.375. The topological polar surface area (TPSA) is 59.3 Å². The summed E-state index contributed by atoms with van der Waals surface area (Å²) in [4.78, 5) is 24.9. The number of hydrogen-bond acceptors (Lipinski definition) is 3. The summed E-state index contributed by atoms with van der Waals surface area (Å²) in [5, 5.41) is 11.3. The Morgan fingerprint density at radius 3 is 2.76 bits per heavy atom. The first-order valence-electron chi connectivity index (χ1n) is 7.10. The van der Waals surface area contributed by atoms with Crippen molar-refractivity contribution in [3.8, 4) is 0 Å². The smallest absolute Gasteiger partial charge is 0.312 e. The minimum absolute atomic E-state index is 0.000196. The molecule has 1 atom stereocenters. The number of rotatable bonds is 3. The van der Waals surface area contributed by atoms with Crippen molar-refractivity contribution in [2.75, 3.05) is 0 Å². The molecule has 0 amide bonds. The predicted octanol–water partition coefficient (Wildman–Crippen LogP) is 3.44. The zero-order chi connectivity index (χ0) is 15.0. The van der Waals surface area contributed by atoms with Gasteiger partial charge in [0.2, 0.25) is 5.78 Å². The predicted molar refractivity (Wildman–Crippen MR) is 81.1 cm³/mol. The van der Waals surface area contributed by atoms with Crippen LogP contribution in [0.25, 0.3) is 0 Å². The van der Waals surface area contributed by atoms with Gasteiger partial charge in [0.25, 0.3) is 0 Å². The molecule has 3 heterocycles. The van der Waals surface area contributed by atoms with E-state index < -0.39 is 11.9 Å². The SMILES string of the molecule is Cc1ccsc1C(=O)c1ccc2n1CCCCC2C(=O)O. The molecule has 5 heteroatoms. The standard InChI is InChI=1S/C16H17NO3S/c1-10-7-9-21-15(10)14(18)13-6-5-12-11(16(19)20)4-2-3-8-17(12)13/h5-7,9,11H,2-4,8H2,1H3,(H,19,20). The average Bonchev–Trinajstić information content (AvgIpc) is 2.99. The molecule has 3 rings (SSSR count). The monoisotopic (exact) mass is 303 g/mol. The summed E-state index contributed by atoms with van der Waals surface area (Å²) in [6, 6.07) is 5.52. The highest BCUT2D eigenvalue weighted by atomic mass is 32.1. The lowest BCUT2D eigenvalue weighted by molar-refractivity contribution is -0.139. The Labute approximate surface area is 127 Å². The molecule has 4 nitrogen and oxygen atoms in total. The third-order valence-electron chi connectivity index (χ3n) is 4.10. The lowest BCUT2D eigenvalue weighted by atomic mass is 10.0. The van der Waals surface area contributed by atoms with Gasteiger partial charge in [-0.3, -0.25) is 9.59 Å². The number of aromatic nitrogens is 1. The molecule has 1 unspecified atom stereocenters. The van der Waals surface area contributed by atoms with Gasteiger partial charge in [-0.25, -0.2) is 0 Å². The maximum atomic E-state index is 12.7. The fourth-order valence-corrected chi connectivity index (χ4v) is 3.85. The molecule has 2 aromatic heterocycles. The highest BCUT2D eigenvalue weighted by Crippen LogP contribution is 2.30. The van der Waals surface area contributed by atoms with Crippen LogP contribution in [0.15, 0.2) is 23.6 Å². The molecular formula is C16H17NO3S. The first-order chi connectivity index (χ1) is 10.1. The molecule has 0 bridgehead atoms. The van der Waals surface area contributed by atoms with Crippen molar-refractivity contribution in [1.29, 1.82) is 0 Å². The fourth-order valence-electron chi connectivity index (χ4n) is 2.97. The zero-order valence-corrected chi connectivity index (χ0v) is 12.7. The number of hydrogen-bond donors (Lipinski definition) is 1. The molecule has 0 radical (unpaired) electrons. The van der Waals surface area contributed by atoms with Crippen LogP contribution in [-0.4, -0.2) is 21.4 Å². The number of aliphatic carboxylic acids is 1. The normalized spacial score (nSPS) is 18.0. The highest BCUT2D eigenvalue weighted by Gasteiger charge is 2.28. The number of carbonyl (C=O) groups excluding carboxylic acids is 1. The van der Waals surface area contributed by atoms with Crippen molar-refractivity contribution in [3.05, 3.63) is 45.4 Å². The summed E-state index contributed by atoms with van der Waals surface area (Å²) in [6.07, 6.45) is 2.43. The van der Waals surface area contributed by atoms with E-state index in [1.165, 1.54) is 11.3 Å². The van der Waals surface area contributed by atoms with Crippen LogP contribution < -0.4 is 0 Å². The van der Waals surface area contributed by atoms with Crippen molar-refractivity contribution in [1.82, 2.24) is 4.57 Å². The van der Waals surface area contributed by atoms with Gasteiger partial charge in [-0.1, -0.05) is 6.42 Å². The van der Waals surface area contributed by atoms with Gasteiger partial charge in [0.15, 0.2) is 0 Å². The van der Waals surface area contributed by atoms with Gasteiger partial charge in [0.1, 0.15) is 0 Å². The van der Waals surface area contributed by atoms with Crippen LogP contribution in [0.1, 0.15) is 51.8 Å². The summed E-state index contributed by atoms with van der Waals surface area (Å²) in [7, 11) is 0. The molecule has 0 saturated carbocycles. The van der Waals surface area contributed by atoms with E-state index in [2.05, 4.69) is 0 Å². The van der Waals surface area contributed by atoms with Gasteiger partial charge < -0.3 is 9.67 Å². The number of ketones is 1. The van der Waals surface area contributed by atoms with Crippen LogP contribution in [0.3, 0.4) is 0 Å². The molecular weight excluding hydrogens is 286 g/mol. The Kier molecular flexibility index (Phi) is 3.68. The molecule has 1 aliphatic heterocycles. The summed E-state index contributed by atoms with van der Waals surface area (Å²) in [5.41, 5.74) is 2.35. The number of carboxylic acids is 1. The number of nitrogens with zero attached hydrogens (tertiary/aromatic N) is 1. The molecule has 110 valence electrons. The van der Waals surface area contributed by atoms with E-state index in [1.807, 2.05) is 22.9 Å².